The van der Waals surface area contributed by atoms with Crippen LogP contribution in [0.15, 0.2) is 28.7 Å². The van der Waals surface area contributed by atoms with E-state index < -0.39 is 5.97 Å². The van der Waals surface area contributed by atoms with Crippen LogP contribution in [0.1, 0.15) is 6.42 Å². The number of anilines is 1. The molecule has 0 aromatic heterocycles. The molecule has 0 saturated carbocycles. The smallest absolute Gasteiger partial charge is 0.305 e. The molecule has 1 aromatic carbocycles. The summed E-state index contributed by atoms with van der Waals surface area (Å²) in [6.45, 7) is 1.58. The Morgan fingerprint density at radius 2 is 2.29 bits per heavy atom. The Morgan fingerprint density at radius 3 is 3.00 bits per heavy atom. The highest BCUT2D eigenvalue weighted by Gasteiger charge is 2.26. The second-order valence-electron chi connectivity index (χ2n) is 4.86. The lowest BCUT2D eigenvalue weighted by Crippen LogP contribution is -2.49. The summed E-state index contributed by atoms with van der Waals surface area (Å²) in [5, 5.41) is 11.7. The number of benzene rings is 1. The molecule has 6 nitrogen and oxygen atoms in total. The summed E-state index contributed by atoms with van der Waals surface area (Å²) in [4.78, 5) is 24.8. The number of carbonyl (C=O) groups is 2. The minimum absolute atomic E-state index is 0.0236. The van der Waals surface area contributed by atoms with Gasteiger partial charge < -0.3 is 15.2 Å². The zero-order valence-corrected chi connectivity index (χ0v) is 13.0. The summed E-state index contributed by atoms with van der Waals surface area (Å²) >= 11 is 3.34. The van der Waals surface area contributed by atoms with E-state index in [1.165, 1.54) is 0 Å². The van der Waals surface area contributed by atoms with Gasteiger partial charge in [-0.25, -0.2) is 0 Å². The van der Waals surface area contributed by atoms with Crippen LogP contribution in [0.25, 0.3) is 0 Å². The SMILES string of the molecule is O=C(O)CC1COCCN1CC(=O)Nc1cccc(Br)c1. The molecule has 0 bridgehead atoms. The van der Waals surface area contributed by atoms with Gasteiger partial charge in [-0.15, -0.1) is 0 Å². The third kappa shape index (κ3) is 5.11. The summed E-state index contributed by atoms with van der Waals surface area (Å²) < 4.78 is 6.17. The predicted molar refractivity (Wildman–Crippen MR) is 81.2 cm³/mol. The fraction of sp³-hybridized carbons (Fsp3) is 0.429. The topological polar surface area (TPSA) is 78.9 Å². The summed E-state index contributed by atoms with van der Waals surface area (Å²) in [6.07, 6.45) is -0.0236. The van der Waals surface area contributed by atoms with Crippen LogP contribution in [0.4, 0.5) is 5.69 Å². The van der Waals surface area contributed by atoms with E-state index in [-0.39, 0.29) is 24.9 Å². The van der Waals surface area contributed by atoms with Gasteiger partial charge in [0.05, 0.1) is 26.2 Å². The molecule has 1 heterocycles. The Hall–Kier alpha value is -1.44. The molecule has 2 N–H and O–H groups in total. The van der Waals surface area contributed by atoms with Crippen LogP contribution in [0.2, 0.25) is 0 Å². The van der Waals surface area contributed by atoms with Crippen molar-refractivity contribution in [3.05, 3.63) is 28.7 Å². The summed E-state index contributed by atoms with van der Waals surface area (Å²) in [5.41, 5.74) is 0.706. The first-order valence-electron chi connectivity index (χ1n) is 6.63. The minimum atomic E-state index is -0.886. The largest absolute Gasteiger partial charge is 0.481 e. The molecule has 1 atom stereocenters. The number of hydrogen-bond acceptors (Lipinski definition) is 4. The van der Waals surface area contributed by atoms with Crippen LogP contribution in [0.3, 0.4) is 0 Å². The predicted octanol–water partition coefficient (Wildman–Crippen LogP) is 1.56. The Balaban J connectivity index is 1.92. The number of nitrogens with one attached hydrogen (secondary N) is 1. The molecule has 1 aromatic rings. The number of aliphatic carboxylic acids is 1. The zero-order valence-electron chi connectivity index (χ0n) is 11.4. The first-order valence-corrected chi connectivity index (χ1v) is 7.43. The van der Waals surface area contributed by atoms with E-state index in [0.717, 1.165) is 4.47 Å². The molecule has 0 radical (unpaired) electrons. The van der Waals surface area contributed by atoms with Crippen molar-refractivity contribution in [2.24, 2.45) is 0 Å². The number of rotatable bonds is 5. The van der Waals surface area contributed by atoms with Crippen molar-refractivity contribution < 1.29 is 19.4 Å². The molecule has 1 saturated heterocycles. The molecule has 1 fully saturated rings. The standard InChI is InChI=1S/C14H17BrN2O4/c15-10-2-1-3-11(6-10)16-13(18)8-17-4-5-21-9-12(17)7-14(19)20/h1-3,6,12H,4-5,7-9H2,(H,16,18)(H,19,20). The van der Waals surface area contributed by atoms with Crippen LogP contribution in [-0.4, -0.2) is 54.2 Å². The van der Waals surface area contributed by atoms with Gasteiger partial charge in [-0.1, -0.05) is 22.0 Å². The van der Waals surface area contributed by atoms with Gasteiger partial charge in [0.1, 0.15) is 0 Å². The maximum Gasteiger partial charge on any atom is 0.305 e. The average Bonchev–Trinajstić information content (AvgIpc) is 2.40. The third-order valence-electron chi connectivity index (χ3n) is 3.21. The number of morpholine rings is 1. The van der Waals surface area contributed by atoms with Gasteiger partial charge in [0.15, 0.2) is 0 Å². The average molecular weight is 357 g/mol. The Bertz CT molecular complexity index is 523. The maximum atomic E-state index is 12.1. The van der Waals surface area contributed by atoms with Gasteiger partial charge in [0.2, 0.25) is 5.91 Å². The molecule has 0 spiro atoms. The molecule has 114 valence electrons. The molecule has 1 aliphatic heterocycles. The Kier molecular flexibility index (Phi) is 5.72. The van der Waals surface area contributed by atoms with Crippen LogP contribution >= 0.6 is 15.9 Å². The van der Waals surface area contributed by atoms with Crippen LogP contribution in [0, 0.1) is 0 Å². The first kappa shape index (κ1) is 15.9. The van der Waals surface area contributed by atoms with Crippen molar-refractivity contribution in [2.45, 2.75) is 12.5 Å². The van der Waals surface area contributed by atoms with Crippen LogP contribution < -0.4 is 5.32 Å². The molecular weight excluding hydrogens is 340 g/mol. The molecule has 1 aliphatic rings. The van der Waals surface area contributed by atoms with E-state index in [0.29, 0.717) is 25.4 Å². The lowest BCUT2D eigenvalue weighted by molar-refractivity contribution is -0.141. The van der Waals surface area contributed by atoms with Crippen molar-refractivity contribution in [3.63, 3.8) is 0 Å². The molecular formula is C14H17BrN2O4. The number of hydrogen-bond donors (Lipinski definition) is 2. The van der Waals surface area contributed by atoms with E-state index >= 15 is 0 Å². The molecule has 21 heavy (non-hydrogen) atoms. The zero-order chi connectivity index (χ0) is 15.2. The number of carbonyl (C=O) groups excluding carboxylic acids is 1. The van der Waals surface area contributed by atoms with Gasteiger partial charge in [0, 0.05) is 22.7 Å². The minimum Gasteiger partial charge on any atom is -0.481 e. The number of amides is 1. The number of ether oxygens (including phenoxy) is 1. The second-order valence-corrected chi connectivity index (χ2v) is 5.77. The fourth-order valence-electron chi connectivity index (χ4n) is 2.24. The highest BCUT2D eigenvalue weighted by atomic mass is 79.9. The fourth-order valence-corrected chi connectivity index (χ4v) is 2.64. The number of halogens is 1. The highest BCUT2D eigenvalue weighted by molar-refractivity contribution is 9.10. The first-order chi connectivity index (χ1) is 10.0. The van der Waals surface area contributed by atoms with Crippen molar-refractivity contribution in [1.82, 2.24) is 4.90 Å². The molecule has 7 heteroatoms. The van der Waals surface area contributed by atoms with Gasteiger partial charge >= 0.3 is 5.97 Å². The second kappa shape index (κ2) is 7.53. The monoisotopic (exact) mass is 356 g/mol. The van der Waals surface area contributed by atoms with Gasteiger partial charge in [-0.05, 0) is 18.2 Å². The lowest BCUT2D eigenvalue weighted by atomic mass is 10.1. The van der Waals surface area contributed by atoms with E-state index in [2.05, 4.69) is 21.2 Å². The number of carboxylic acids is 1. The summed E-state index contributed by atoms with van der Waals surface area (Å²) in [5.74, 6) is -1.05. The highest BCUT2D eigenvalue weighted by Crippen LogP contribution is 2.16. The van der Waals surface area contributed by atoms with E-state index in [4.69, 9.17) is 9.84 Å². The van der Waals surface area contributed by atoms with Crippen LogP contribution in [0.5, 0.6) is 0 Å². The van der Waals surface area contributed by atoms with E-state index in [9.17, 15) is 9.59 Å². The molecule has 1 amide bonds. The quantitative estimate of drug-likeness (QED) is 0.836. The lowest BCUT2D eigenvalue weighted by Gasteiger charge is -2.34. The Morgan fingerprint density at radius 1 is 1.48 bits per heavy atom. The Labute approximate surface area is 131 Å². The maximum absolute atomic E-state index is 12.1. The summed E-state index contributed by atoms with van der Waals surface area (Å²) in [6, 6.07) is 7.06. The van der Waals surface area contributed by atoms with E-state index in [1.54, 1.807) is 6.07 Å². The van der Waals surface area contributed by atoms with Gasteiger partial charge in [-0.3, -0.25) is 14.5 Å². The summed E-state index contributed by atoms with van der Waals surface area (Å²) in [7, 11) is 0. The van der Waals surface area contributed by atoms with Crippen molar-refractivity contribution in [3.8, 4) is 0 Å². The molecule has 1 unspecified atom stereocenters. The van der Waals surface area contributed by atoms with Gasteiger partial charge in [-0.2, -0.15) is 0 Å². The van der Waals surface area contributed by atoms with E-state index in [1.807, 2.05) is 23.1 Å². The molecule has 0 aliphatic carbocycles. The van der Waals surface area contributed by atoms with Crippen molar-refractivity contribution in [1.29, 1.82) is 0 Å². The normalized spacial score (nSPS) is 19.2. The van der Waals surface area contributed by atoms with Crippen molar-refractivity contribution in [2.75, 3.05) is 31.6 Å². The van der Waals surface area contributed by atoms with Crippen LogP contribution in [-0.2, 0) is 14.3 Å². The molecule has 2 rings (SSSR count). The van der Waals surface area contributed by atoms with Crippen molar-refractivity contribution >= 4 is 33.5 Å². The number of carboxylic acid groups (broad SMARTS) is 1. The number of nitrogens with zero attached hydrogens (tertiary/aromatic N) is 1. The van der Waals surface area contributed by atoms with Gasteiger partial charge in [0.25, 0.3) is 0 Å². The third-order valence-corrected chi connectivity index (χ3v) is 3.71.